The lowest BCUT2D eigenvalue weighted by Crippen LogP contribution is -2.32. The monoisotopic (exact) mass is 241 g/mol. The molecule has 1 aromatic carbocycles. The van der Waals surface area contributed by atoms with Crippen LogP contribution in [0.2, 0.25) is 5.02 Å². The van der Waals surface area contributed by atoms with Crippen molar-refractivity contribution in [1.29, 1.82) is 0 Å². The Morgan fingerprint density at radius 3 is 2.69 bits per heavy atom. The van der Waals surface area contributed by atoms with Crippen molar-refractivity contribution in [3.63, 3.8) is 0 Å². The van der Waals surface area contributed by atoms with Gasteiger partial charge in [-0.1, -0.05) is 24.6 Å². The molecule has 16 heavy (non-hydrogen) atoms. The van der Waals surface area contributed by atoms with Crippen molar-refractivity contribution >= 4 is 11.6 Å². The third kappa shape index (κ3) is 2.96. The standard InChI is InChI=1S/C13H17ClFN/c1-10-4-6-16(7-5-10)9-11-2-3-12(14)13(15)8-11/h2-3,8,10H,4-7,9H2,1H3. The Hall–Kier alpha value is -0.600. The molecule has 0 amide bonds. The number of hydrogen-bond donors (Lipinski definition) is 0. The van der Waals surface area contributed by atoms with E-state index in [0.717, 1.165) is 31.1 Å². The molecule has 0 spiro atoms. The SMILES string of the molecule is CC1CCN(Cc2ccc(Cl)c(F)c2)CC1. The maximum Gasteiger partial charge on any atom is 0.142 e. The first-order valence-corrected chi connectivity index (χ1v) is 6.19. The van der Waals surface area contributed by atoms with Crippen LogP contribution in [0.15, 0.2) is 18.2 Å². The van der Waals surface area contributed by atoms with E-state index < -0.39 is 0 Å². The Kier molecular flexibility index (Phi) is 3.82. The van der Waals surface area contributed by atoms with Gasteiger partial charge in [0.05, 0.1) is 5.02 Å². The topological polar surface area (TPSA) is 3.24 Å². The molecule has 0 N–H and O–H groups in total. The fraction of sp³-hybridized carbons (Fsp3) is 0.538. The highest BCUT2D eigenvalue weighted by atomic mass is 35.5. The predicted octanol–water partition coefficient (Wildman–Crippen LogP) is 3.71. The molecule has 1 saturated heterocycles. The normalized spacial score (nSPS) is 18.9. The van der Waals surface area contributed by atoms with Crippen LogP contribution in [0.25, 0.3) is 0 Å². The van der Waals surface area contributed by atoms with Crippen molar-refractivity contribution < 1.29 is 4.39 Å². The van der Waals surface area contributed by atoms with Crippen LogP contribution in [0.3, 0.4) is 0 Å². The average Bonchev–Trinajstić information content (AvgIpc) is 2.27. The smallest absolute Gasteiger partial charge is 0.142 e. The van der Waals surface area contributed by atoms with Crippen LogP contribution < -0.4 is 0 Å². The summed E-state index contributed by atoms with van der Waals surface area (Å²) in [6, 6.07) is 5.09. The lowest BCUT2D eigenvalue weighted by Gasteiger charge is -2.30. The molecular formula is C13H17ClFN. The fourth-order valence-electron chi connectivity index (χ4n) is 2.12. The van der Waals surface area contributed by atoms with Gasteiger partial charge in [-0.3, -0.25) is 4.90 Å². The van der Waals surface area contributed by atoms with E-state index >= 15 is 0 Å². The zero-order valence-corrected chi connectivity index (χ0v) is 10.3. The van der Waals surface area contributed by atoms with Gasteiger partial charge in [-0.15, -0.1) is 0 Å². The fourth-order valence-corrected chi connectivity index (χ4v) is 2.23. The van der Waals surface area contributed by atoms with Gasteiger partial charge in [0.25, 0.3) is 0 Å². The molecule has 1 aliphatic heterocycles. The van der Waals surface area contributed by atoms with Crippen LogP contribution in [0, 0.1) is 11.7 Å². The molecule has 0 radical (unpaired) electrons. The van der Waals surface area contributed by atoms with Crippen molar-refractivity contribution in [3.8, 4) is 0 Å². The molecule has 1 aromatic rings. The van der Waals surface area contributed by atoms with Crippen LogP contribution in [-0.2, 0) is 6.54 Å². The highest BCUT2D eigenvalue weighted by molar-refractivity contribution is 6.30. The number of halogens is 2. The molecule has 2 rings (SSSR count). The summed E-state index contributed by atoms with van der Waals surface area (Å²) in [7, 11) is 0. The number of hydrogen-bond acceptors (Lipinski definition) is 1. The van der Waals surface area contributed by atoms with Gasteiger partial charge in [0.1, 0.15) is 5.82 Å². The van der Waals surface area contributed by atoms with Crippen molar-refractivity contribution in [1.82, 2.24) is 4.90 Å². The summed E-state index contributed by atoms with van der Waals surface area (Å²) in [6.45, 7) is 5.36. The first-order chi connectivity index (χ1) is 7.65. The minimum absolute atomic E-state index is 0.205. The second kappa shape index (κ2) is 5.15. The quantitative estimate of drug-likeness (QED) is 0.763. The highest BCUT2D eigenvalue weighted by Gasteiger charge is 2.15. The Balaban J connectivity index is 1.96. The van der Waals surface area contributed by atoms with E-state index in [9.17, 15) is 4.39 Å². The molecule has 1 fully saturated rings. The van der Waals surface area contributed by atoms with Crippen LogP contribution >= 0.6 is 11.6 Å². The molecule has 1 aliphatic rings. The molecule has 0 aromatic heterocycles. The zero-order valence-electron chi connectivity index (χ0n) is 9.55. The number of benzene rings is 1. The summed E-state index contributed by atoms with van der Waals surface area (Å²) >= 11 is 5.65. The molecule has 88 valence electrons. The van der Waals surface area contributed by atoms with E-state index in [1.165, 1.54) is 12.8 Å². The molecular weight excluding hydrogens is 225 g/mol. The summed E-state index contributed by atoms with van der Waals surface area (Å²) in [5.74, 6) is 0.516. The summed E-state index contributed by atoms with van der Waals surface area (Å²) in [5.41, 5.74) is 1.01. The zero-order chi connectivity index (χ0) is 11.5. The van der Waals surface area contributed by atoms with Gasteiger partial charge < -0.3 is 0 Å². The van der Waals surface area contributed by atoms with Gasteiger partial charge in [-0.05, 0) is 49.5 Å². The maximum atomic E-state index is 13.2. The van der Waals surface area contributed by atoms with Crippen molar-refractivity contribution in [3.05, 3.63) is 34.6 Å². The second-order valence-corrected chi connectivity index (χ2v) is 5.11. The summed E-state index contributed by atoms with van der Waals surface area (Å²) in [5, 5.41) is 0.205. The molecule has 0 aliphatic carbocycles. The second-order valence-electron chi connectivity index (χ2n) is 4.71. The third-order valence-corrected chi connectivity index (χ3v) is 3.57. The predicted molar refractivity (Wildman–Crippen MR) is 65.1 cm³/mol. The number of piperidine rings is 1. The Bertz CT molecular complexity index is 359. The number of rotatable bonds is 2. The Morgan fingerprint density at radius 2 is 2.06 bits per heavy atom. The molecule has 0 bridgehead atoms. The maximum absolute atomic E-state index is 13.2. The van der Waals surface area contributed by atoms with Crippen LogP contribution in [0.1, 0.15) is 25.3 Å². The Labute approximate surface area is 101 Å². The minimum atomic E-state index is -0.315. The van der Waals surface area contributed by atoms with Crippen LogP contribution in [0.4, 0.5) is 4.39 Å². The van der Waals surface area contributed by atoms with E-state index in [2.05, 4.69) is 11.8 Å². The van der Waals surface area contributed by atoms with Gasteiger partial charge in [0, 0.05) is 6.54 Å². The highest BCUT2D eigenvalue weighted by Crippen LogP contribution is 2.20. The van der Waals surface area contributed by atoms with Crippen LogP contribution in [0.5, 0.6) is 0 Å². The molecule has 0 saturated carbocycles. The third-order valence-electron chi connectivity index (χ3n) is 3.27. The van der Waals surface area contributed by atoms with E-state index in [1.54, 1.807) is 12.1 Å². The molecule has 0 unspecified atom stereocenters. The lowest BCUT2D eigenvalue weighted by atomic mass is 9.99. The summed E-state index contributed by atoms with van der Waals surface area (Å²) < 4.78 is 13.2. The first-order valence-electron chi connectivity index (χ1n) is 5.81. The van der Waals surface area contributed by atoms with E-state index in [0.29, 0.717) is 0 Å². The van der Waals surface area contributed by atoms with Crippen molar-refractivity contribution in [2.45, 2.75) is 26.3 Å². The Morgan fingerprint density at radius 1 is 1.38 bits per heavy atom. The number of nitrogens with zero attached hydrogens (tertiary/aromatic N) is 1. The molecule has 3 heteroatoms. The lowest BCUT2D eigenvalue weighted by molar-refractivity contribution is 0.185. The van der Waals surface area contributed by atoms with Gasteiger partial charge in [-0.25, -0.2) is 4.39 Å². The summed E-state index contributed by atoms with van der Waals surface area (Å²) in [6.07, 6.45) is 2.49. The summed E-state index contributed by atoms with van der Waals surface area (Å²) in [4.78, 5) is 2.38. The van der Waals surface area contributed by atoms with E-state index in [1.807, 2.05) is 6.07 Å². The van der Waals surface area contributed by atoms with E-state index in [-0.39, 0.29) is 10.8 Å². The van der Waals surface area contributed by atoms with Crippen molar-refractivity contribution in [2.75, 3.05) is 13.1 Å². The first kappa shape index (κ1) is 11.9. The average molecular weight is 242 g/mol. The van der Waals surface area contributed by atoms with Gasteiger partial charge >= 0.3 is 0 Å². The van der Waals surface area contributed by atoms with Gasteiger partial charge in [0.15, 0.2) is 0 Å². The van der Waals surface area contributed by atoms with Crippen LogP contribution in [-0.4, -0.2) is 18.0 Å². The van der Waals surface area contributed by atoms with E-state index in [4.69, 9.17) is 11.6 Å². The van der Waals surface area contributed by atoms with Crippen molar-refractivity contribution in [2.24, 2.45) is 5.92 Å². The minimum Gasteiger partial charge on any atom is -0.299 e. The van der Waals surface area contributed by atoms with Gasteiger partial charge in [0.2, 0.25) is 0 Å². The largest absolute Gasteiger partial charge is 0.299 e. The number of likely N-dealkylation sites (tertiary alicyclic amines) is 1. The molecule has 0 atom stereocenters. The van der Waals surface area contributed by atoms with Gasteiger partial charge in [-0.2, -0.15) is 0 Å². The molecule has 1 nitrogen and oxygen atoms in total. The molecule has 1 heterocycles.